The summed E-state index contributed by atoms with van der Waals surface area (Å²) in [6.07, 6.45) is 0. The smallest absolute Gasteiger partial charge is 0.249 e. The normalized spacial score (nSPS) is 18.5. The van der Waals surface area contributed by atoms with Crippen LogP contribution in [0.15, 0.2) is 35.4 Å². The van der Waals surface area contributed by atoms with E-state index in [9.17, 15) is 4.79 Å². The number of nitrogens with zero attached hydrogens (tertiary/aromatic N) is 2. The van der Waals surface area contributed by atoms with Crippen LogP contribution in [0.2, 0.25) is 5.02 Å². The van der Waals surface area contributed by atoms with Gasteiger partial charge in [0.05, 0.1) is 0 Å². The molecule has 4 nitrogen and oxygen atoms in total. The van der Waals surface area contributed by atoms with Crippen molar-refractivity contribution in [2.45, 2.75) is 6.92 Å². The molecule has 3 rings (SSSR count). The third-order valence-electron chi connectivity index (χ3n) is 4.29. The first-order valence-corrected chi connectivity index (χ1v) is 7.72. The second-order valence-corrected chi connectivity index (χ2v) is 6.02. The SMILES string of the molecule is CC(C(=O)N1CCN(c2ccc(Cl)cc2)CC1)=C1CNC1. The molecule has 0 bridgehead atoms. The molecule has 0 spiro atoms. The van der Waals surface area contributed by atoms with Gasteiger partial charge in [0.15, 0.2) is 0 Å². The lowest BCUT2D eigenvalue weighted by Gasteiger charge is -2.37. The molecular formula is C16H20ClN3O. The maximum atomic E-state index is 12.4. The average molecular weight is 306 g/mol. The number of carbonyl (C=O) groups is 1. The minimum Gasteiger partial charge on any atom is -0.368 e. The first kappa shape index (κ1) is 14.4. The van der Waals surface area contributed by atoms with Crippen molar-refractivity contribution < 1.29 is 4.79 Å². The molecule has 0 radical (unpaired) electrons. The number of piperazine rings is 1. The topological polar surface area (TPSA) is 35.6 Å². The maximum absolute atomic E-state index is 12.4. The Labute approximate surface area is 130 Å². The predicted molar refractivity (Wildman–Crippen MR) is 85.8 cm³/mol. The number of hydrogen-bond donors (Lipinski definition) is 1. The fraction of sp³-hybridized carbons (Fsp3) is 0.438. The molecular weight excluding hydrogens is 286 g/mol. The summed E-state index contributed by atoms with van der Waals surface area (Å²) in [6.45, 7) is 6.97. The van der Waals surface area contributed by atoms with Gasteiger partial charge in [0.2, 0.25) is 5.91 Å². The molecule has 5 heteroatoms. The van der Waals surface area contributed by atoms with Crippen LogP contribution in [-0.2, 0) is 4.79 Å². The summed E-state index contributed by atoms with van der Waals surface area (Å²) in [6, 6.07) is 7.89. The predicted octanol–water partition coefficient (Wildman–Crippen LogP) is 1.91. The summed E-state index contributed by atoms with van der Waals surface area (Å²) in [5.41, 5.74) is 3.35. The highest BCUT2D eigenvalue weighted by atomic mass is 35.5. The van der Waals surface area contributed by atoms with Gasteiger partial charge in [0.1, 0.15) is 0 Å². The molecule has 21 heavy (non-hydrogen) atoms. The summed E-state index contributed by atoms with van der Waals surface area (Å²) < 4.78 is 0. The van der Waals surface area contributed by atoms with Crippen LogP contribution in [0.4, 0.5) is 5.69 Å². The molecule has 1 amide bonds. The molecule has 2 saturated heterocycles. The molecule has 1 N–H and O–H groups in total. The van der Waals surface area contributed by atoms with Crippen LogP contribution in [0, 0.1) is 0 Å². The minimum atomic E-state index is 0.197. The summed E-state index contributed by atoms with van der Waals surface area (Å²) in [7, 11) is 0. The summed E-state index contributed by atoms with van der Waals surface area (Å²) in [5, 5.41) is 3.94. The third-order valence-corrected chi connectivity index (χ3v) is 4.54. The van der Waals surface area contributed by atoms with Gasteiger partial charge in [-0.3, -0.25) is 4.79 Å². The molecule has 2 fully saturated rings. The van der Waals surface area contributed by atoms with Crippen molar-refractivity contribution in [2.75, 3.05) is 44.2 Å². The zero-order valence-corrected chi connectivity index (χ0v) is 13.0. The molecule has 0 unspecified atom stereocenters. The van der Waals surface area contributed by atoms with E-state index in [1.54, 1.807) is 0 Å². The lowest BCUT2D eigenvalue weighted by atomic mass is 10.0. The fourth-order valence-electron chi connectivity index (χ4n) is 2.72. The van der Waals surface area contributed by atoms with E-state index in [-0.39, 0.29) is 5.91 Å². The molecule has 2 aliphatic heterocycles. The molecule has 0 aromatic heterocycles. The van der Waals surface area contributed by atoms with Gasteiger partial charge in [0, 0.05) is 55.6 Å². The molecule has 2 aliphatic rings. The van der Waals surface area contributed by atoms with Gasteiger partial charge in [0.25, 0.3) is 0 Å². The van der Waals surface area contributed by atoms with Gasteiger partial charge in [-0.2, -0.15) is 0 Å². The molecule has 112 valence electrons. The first-order chi connectivity index (χ1) is 10.1. The highest BCUT2D eigenvalue weighted by Crippen LogP contribution is 2.20. The van der Waals surface area contributed by atoms with E-state index < -0.39 is 0 Å². The number of amides is 1. The van der Waals surface area contributed by atoms with E-state index in [0.717, 1.165) is 49.9 Å². The van der Waals surface area contributed by atoms with Gasteiger partial charge < -0.3 is 15.1 Å². The van der Waals surface area contributed by atoms with Crippen LogP contribution in [0.1, 0.15) is 6.92 Å². The van der Waals surface area contributed by atoms with Crippen LogP contribution >= 0.6 is 11.6 Å². The lowest BCUT2D eigenvalue weighted by molar-refractivity contribution is -0.127. The summed E-state index contributed by atoms with van der Waals surface area (Å²) >= 11 is 5.92. The van der Waals surface area contributed by atoms with Crippen molar-refractivity contribution in [2.24, 2.45) is 0 Å². The van der Waals surface area contributed by atoms with E-state index in [0.29, 0.717) is 0 Å². The Kier molecular flexibility index (Phi) is 4.17. The van der Waals surface area contributed by atoms with E-state index in [1.807, 2.05) is 36.1 Å². The Morgan fingerprint density at radius 3 is 2.24 bits per heavy atom. The van der Waals surface area contributed by atoms with Gasteiger partial charge in [-0.15, -0.1) is 0 Å². The van der Waals surface area contributed by atoms with Crippen LogP contribution < -0.4 is 10.2 Å². The van der Waals surface area contributed by atoms with Crippen molar-refractivity contribution in [3.63, 3.8) is 0 Å². The van der Waals surface area contributed by atoms with Crippen molar-refractivity contribution in [1.29, 1.82) is 0 Å². The Morgan fingerprint density at radius 2 is 1.71 bits per heavy atom. The van der Waals surface area contributed by atoms with E-state index in [2.05, 4.69) is 10.2 Å². The lowest BCUT2D eigenvalue weighted by Crippen LogP contribution is -2.49. The largest absolute Gasteiger partial charge is 0.368 e. The third kappa shape index (κ3) is 3.06. The van der Waals surface area contributed by atoms with E-state index in [1.165, 1.54) is 11.3 Å². The highest BCUT2D eigenvalue weighted by molar-refractivity contribution is 6.30. The van der Waals surface area contributed by atoms with Crippen molar-refractivity contribution in [1.82, 2.24) is 10.2 Å². The molecule has 2 heterocycles. The van der Waals surface area contributed by atoms with Gasteiger partial charge in [-0.25, -0.2) is 0 Å². The van der Waals surface area contributed by atoms with Crippen LogP contribution in [0.25, 0.3) is 0 Å². The molecule has 0 atom stereocenters. The Morgan fingerprint density at radius 1 is 1.10 bits per heavy atom. The molecule has 0 saturated carbocycles. The standard InChI is InChI=1S/C16H20ClN3O/c1-12(13-10-18-11-13)16(21)20-8-6-19(7-9-20)15-4-2-14(17)3-5-15/h2-5,18H,6-11H2,1H3. The van der Waals surface area contributed by atoms with Crippen molar-refractivity contribution >= 4 is 23.2 Å². The zero-order valence-electron chi connectivity index (χ0n) is 12.2. The number of carbonyl (C=O) groups excluding carboxylic acids is 1. The number of halogens is 1. The van der Waals surface area contributed by atoms with Crippen molar-refractivity contribution in [3.05, 3.63) is 40.4 Å². The van der Waals surface area contributed by atoms with E-state index in [4.69, 9.17) is 11.6 Å². The van der Waals surface area contributed by atoms with Crippen LogP contribution in [0.5, 0.6) is 0 Å². The molecule has 0 aliphatic carbocycles. The Hall–Kier alpha value is -1.52. The molecule has 1 aromatic rings. The van der Waals surface area contributed by atoms with Crippen molar-refractivity contribution in [3.8, 4) is 0 Å². The van der Waals surface area contributed by atoms with Crippen LogP contribution in [-0.4, -0.2) is 50.1 Å². The minimum absolute atomic E-state index is 0.197. The second-order valence-electron chi connectivity index (χ2n) is 5.59. The number of hydrogen-bond acceptors (Lipinski definition) is 3. The summed E-state index contributed by atoms with van der Waals surface area (Å²) in [4.78, 5) is 16.7. The van der Waals surface area contributed by atoms with Gasteiger partial charge in [-0.05, 0) is 36.8 Å². The Bertz CT molecular complexity index is 553. The quantitative estimate of drug-likeness (QED) is 0.848. The summed E-state index contributed by atoms with van der Waals surface area (Å²) in [5.74, 6) is 0.197. The number of anilines is 1. The number of rotatable bonds is 2. The van der Waals surface area contributed by atoms with E-state index >= 15 is 0 Å². The first-order valence-electron chi connectivity index (χ1n) is 7.34. The monoisotopic (exact) mass is 305 g/mol. The Balaban J connectivity index is 1.60. The maximum Gasteiger partial charge on any atom is 0.249 e. The number of nitrogens with one attached hydrogen (secondary N) is 1. The molecule has 1 aromatic carbocycles. The van der Waals surface area contributed by atoms with Crippen LogP contribution in [0.3, 0.4) is 0 Å². The average Bonchev–Trinajstić information content (AvgIpc) is 2.46. The number of benzene rings is 1. The van der Waals surface area contributed by atoms with Gasteiger partial charge in [-0.1, -0.05) is 11.6 Å². The highest BCUT2D eigenvalue weighted by Gasteiger charge is 2.24. The zero-order chi connectivity index (χ0) is 14.8. The fourth-order valence-corrected chi connectivity index (χ4v) is 2.85. The second kappa shape index (κ2) is 6.08. The van der Waals surface area contributed by atoms with Gasteiger partial charge >= 0.3 is 0 Å².